The standard InChI is InChI=1S/C13H15BrClNO/c1-8-3-2-4-12(8)16-13(17)10-7-9(14)5-6-11(10)15/h5-8,12H,2-4H2,1H3,(H,16,17). The number of hydrogen-bond acceptors (Lipinski definition) is 1. The molecule has 2 unspecified atom stereocenters. The van der Waals surface area contributed by atoms with Gasteiger partial charge in [0.05, 0.1) is 10.6 Å². The number of hydrogen-bond donors (Lipinski definition) is 1. The van der Waals surface area contributed by atoms with Crippen LogP contribution >= 0.6 is 27.5 Å². The van der Waals surface area contributed by atoms with Crippen molar-refractivity contribution in [3.8, 4) is 0 Å². The summed E-state index contributed by atoms with van der Waals surface area (Å²) >= 11 is 9.38. The fraction of sp³-hybridized carbons (Fsp3) is 0.462. The third kappa shape index (κ3) is 3.02. The first-order valence-corrected chi connectivity index (χ1v) is 7.01. The maximum atomic E-state index is 12.1. The van der Waals surface area contributed by atoms with E-state index in [4.69, 9.17) is 11.6 Å². The number of rotatable bonds is 2. The van der Waals surface area contributed by atoms with Crippen molar-refractivity contribution in [1.29, 1.82) is 0 Å². The Morgan fingerprint density at radius 1 is 1.47 bits per heavy atom. The lowest BCUT2D eigenvalue weighted by atomic mass is 10.1. The Labute approximate surface area is 115 Å². The van der Waals surface area contributed by atoms with Crippen molar-refractivity contribution in [3.63, 3.8) is 0 Å². The van der Waals surface area contributed by atoms with Crippen LogP contribution < -0.4 is 5.32 Å². The van der Waals surface area contributed by atoms with Gasteiger partial charge in [0.25, 0.3) is 5.91 Å². The Morgan fingerprint density at radius 3 is 2.88 bits per heavy atom. The topological polar surface area (TPSA) is 29.1 Å². The van der Waals surface area contributed by atoms with Crippen LogP contribution in [0.4, 0.5) is 0 Å². The maximum absolute atomic E-state index is 12.1. The van der Waals surface area contributed by atoms with Gasteiger partial charge in [0.15, 0.2) is 0 Å². The molecule has 1 fully saturated rings. The summed E-state index contributed by atoms with van der Waals surface area (Å²) in [7, 11) is 0. The molecule has 2 atom stereocenters. The van der Waals surface area contributed by atoms with E-state index in [-0.39, 0.29) is 11.9 Å². The van der Waals surface area contributed by atoms with Crippen molar-refractivity contribution in [2.45, 2.75) is 32.2 Å². The van der Waals surface area contributed by atoms with Crippen LogP contribution in [0.3, 0.4) is 0 Å². The largest absolute Gasteiger partial charge is 0.349 e. The van der Waals surface area contributed by atoms with Crippen LogP contribution in [0.5, 0.6) is 0 Å². The molecule has 1 N–H and O–H groups in total. The van der Waals surface area contributed by atoms with Gasteiger partial charge in [-0.2, -0.15) is 0 Å². The molecule has 1 aliphatic carbocycles. The summed E-state index contributed by atoms with van der Waals surface area (Å²) in [4.78, 5) is 12.1. The monoisotopic (exact) mass is 315 g/mol. The lowest BCUT2D eigenvalue weighted by molar-refractivity contribution is 0.0930. The molecule has 1 aromatic carbocycles. The molecule has 1 aromatic rings. The molecule has 0 bridgehead atoms. The normalized spacial score (nSPS) is 23.7. The van der Waals surface area contributed by atoms with Crippen molar-refractivity contribution in [3.05, 3.63) is 33.3 Å². The van der Waals surface area contributed by atoms with Gasteiger partial charge in [0, 0.05) is 10.5 Å². The maximum Gasteiger partial charge on any atom is 0.253 e. The van der Waals surface area contributed by atoms with Gasteiger partial charge in [-0.15, -0.1) is 0 Å². The summed E-state index contributed by atoms with van der Waals surface area (Å²) in [5, 5.41) is 3.57. The minimum Gasteiger partial charge on any atom is -0.349 e. The molecule has 0 radical (unpaired) electrons. The van der Waals surface area contributed by atoms with Gasteiger partial charge < -0.3 is 5.32 Å². The average molecular weight is 317 g/mol. The van der Waals surface area contributed by atoms with Gasteiger partial charge in [-0.25, -0.2) is 0 Å². The van der Waals surface area contributed by atoms with Gasteiger partial charge in [0.2, 0.25) is 0 Å². The fourth-order valence-corrected chi connectivity index (χ4v) is 2.84. The zero-order chi connectivity index (χ0) is 12.4. The van der Waals surface area contributed by atoms with Crippen LogP contribution in [0.2, 0.25) is 5.02 Å². The van der Waals surface area contributed by atoms with E-state index in [1.165, 1.54) is 12.8 Å². The molecule has 0 heterocycles. The lowest BCUT2D eigenvalue weighted by Gasteiger charge is -2.17. The minimum atomic E-state index is -0.0740. The smallest absolute Gasteiger partial charge is 0.253 e. The van der Waals surface area contributed by atoms with Crippen molar-refractivity contribution in [2.24, 2.45) is 5.92 Å². The molecule has 1 saturated carbocycles. The van der Waals surface area contributed by atoms with Gasteiger partial charge in [-0.05, 0) is 37.0 Å². The summed E-state index contributed by atoms with van der Waals surface area (Å²) < 4.78 is 0.867. The molecule has 0 saturated heterocycles. The van der Waals surface area contributed by atoms with E-state index in [2.05, 4.69) is 28.2 Å². The van der Waals surface area contributed by atoms with Gasteiger partial charge in [-0.3, -0.25) is 4.79 Å². The Bertz CT molecular complexity index is 435. The molecule has 0 spiro atoms. The summed E-state index contributed by atoms with van der Waals surface area (Å²) in [5.41, 5.74) is 0.542. The fourth-order valence-electron chi connectivity index (χ4n) is 2.28. The van der Waals surface area contributed by atoms with E-state index in [9.17, 15) is 4.79 Å². The third-order valence-electron chi connectivity index (χ3n) is 3.35. The van der Waals surface area contributed by atoms with Gasteiger partial charge in [0.1, 0.15) is 0 Å². The minimum absolute atomic E-state index is 0.0740. The first-order chi connectivity index (χ1) is 8.08. The highest BCUT2D eigenvalue weighted by Crippen LogP contribution is 2.26. The van der Waals surface area contributed by atoms with E-state index in [0.717, 1.165) is 10.9 Å². The van der Waals surface area contributed by atoms with Crippen molar-refractivity contribution < 1.29 is 4.79 Å². The van der Waals surface area contributed by atoms with Crippen molar-refractivity contribution >= 4 is 33.4 Å². The molecule has 1 aliphatic rings. The van der Waals surface area contributed by atoms with Crippen LogP contribution in [0.15, 0.2) is 22.7 Å². The summed E-state index contributed by atoms with van der Waals surface area (Å²) in [6.45, 7) is 2.18. The molecule has 2 rings (SSSR count). The van der Waals surface area contributed by atoms with E-state index in [1.54, 1.807) is 12.1 Å². The molecule has 1 amide bonds. The van der Waals surface area contributed by atoms with Gasteiger partial charge >= 0.3 is 0 Å². The second-order valence-electron chi connectivity index (χ2n) is 4.61. The second kappa shape index (κ2) is 5.40. The lowest BCUT2D eigenvalue weighted by Crippen LogP contribution is -2.36. The summed E-state index contributed by atoms with van der Waals surface area (Å²) in [6, 6.07) is 5.62. The highest BCUT2D eigenvalue weighted by molar-refractivity contribution is 9.10. The molecule has 2 nitrogen and oxygen atoms in total. The second-order valence-corrected chi connectivity index (χ2v) is 5.94. The highest BCUT2D eigenvalue weighted by Gasteiger charge is 2.25. The molecule has 17 heavy (non-hydrogen) atoms. The van der Waals surface area contributed by atoms with Gasteiger partial charge in [-0.1, -0.05) is 40.9 Å². The number of amides is 1. The summed E-state index contributed by atoms with van der Waals surface area (Å²) in [6.07, 6.45) is 3.45. The van der Waals surface area contributed by atoms with Crippen LogP contribution in [0.25, 0.3) is 0 Å². The van der Waals surface area contributed by atoms with E-state index in [0.29, 0.717) is 16.5 Å². The molecule has 0 aromatic heterocycles. The van der Waals surface area contributed by atoms with Crippen LogP contribution in [-0.4, -0.2) is 11.9 Å². The Kier molecular flexibility index (Phi) is 4.10. The SMILES string of the molecule is CC1CCCC1NC(=O)c1cc(Br)ccc1Cl. The first kappa shape index (κ1) is 12.9. The predicted octanol–water partition coefficient (Wildman–Crippen LogP) is 4.02. The molecular weight excluding hydrogens is 302 g/mol. The van der Waals surface area contributed by atoms with Crippen LogP contribution in [0, 0.1) is 5.92 Å². The zero-order valence-electron chi connectivity index (χ0n) is 9.67. The third-order valence-corrected chi connectivity index (χ3v) is 4.17. The Balaban J connectivity index is 2.11. The number of carbonyl (C=O) groups is 1. The summed E-state index contributed by atoms with van der Waals surface area (Å²) in [5.74, 6) is 0.486. The molecular formula is C13H15BrClNO. The van der Waals surface area contributed by atoms with E-state index in [1.807, 2.05) is 6.07 Å². The quantitative estimate of drug-likeness (QED) is 0.877. The molecule has 92 valence electrons. The van der Waals surface area contributed by atoms with E-state index < -0.39 is 0 Å². The number of carbonyl (C=O) groups excluding carboxylic acids is 1. The first-order valence-electron chi connectivity index (χ1n) is 5.84. The highest BCUT2D eigenvalue weighted by atomic mass is 79.9. The van der Waals surface area contributed by atoms with Crippen molar-refractivity contribution in [1.82, 2.24) is 5.32 Å². The van der Waals surface area contributed by atoms with Crippen LogP contribution in [-0.2, 0) is 0 Å². The Hall–Kier alpha value is -0.540. The predicted molar refractivity (Wildman–Crippen MR) is 73.4 cm³/mol. The molecule has 4 heteroatoms. The number of halogens is 2. The average Bonchev–Trinajstić information content (AvgIpc) is 2.68. The molecule has 0 aliphatic heterocycles. The number of nitrogens with one attached hydrogen (secondary N) is 1. The van der Waals surface area contributed by atoms with Crippen molar-refractivity contribution in [2.75, 3.05) is 0 Å². The number of benzene rings is 1. The Morgan fingerprint density at radius 2 is 2.24 bits per heavy atom. The van der Waals surface area contributed by atoms with E-state index >= 15 is 0 Å². The zero-order valence-corrected chi connectivity index (χ0v) is 12.0. The van der Waals surface area contributed by atoms with Crippen LogP contribution in [0.1, 0.15) is 36.5 Å².